The Hall–Kier alpha value is -1.89. The van der Waals surface area contributed by atoms with Crippen LogP contribution in [0, 0.1) is 17.8 Å². The summed E-state index contributed by atoms with van der Waals surface area (Å²) in [5.74, 6) is 4.29. The van der Waals surface area contributed by atoms with Crippen molar-refractivity contribution >= 4 is 5.91 Å². The molecule has 0 aliphatic heterocycles. The van der Waals surface area contributed by atoms with Gasteiger partial charge >= 0.3 is 0 Å². The third-order valence-electron chi connectivity index (χ3n) is 1.72. The van der Waals surface area contributed by atoms with Gasteiger partial charge in [-0.2, -0.15) is 4.39 Å². The van der Waals surface area contributed by atoms with Crippen molar-refractivity contribution < 1.29 is 9.18 Å². The predicted molar refractivity (Wildman–Crippen MR) is 54.6 cm³/mol. The second-order valence-electron chi connectivity index (χ2n) is 2.77. The quantitative estimate of drug-likeness (QED) is 0.461. The minimum atomic E-state index is -0.753. The fourth-order valence-electron chi connectivity index (χ4n) is 1.01. The summed E-state index contributed by atoms with van der Waals surface area (Å²) in [5, 5.41) is 2.55. The molecular weight excluding hydrogens is 195 g/mol. The Labute approximate surface area is 87.7 Å². The molecule has 1 N–H and O–H groups in total. The molecule has 1 amide bonds. The molecule has 0 radical (unpaired) electrons. The van der Waals surface area contributed by atoms with Crippen LogP contribution in [0.2, 0.25) is 0 Å². The number of rotatable bonds is 3. The van der Waals surface area contributed by atoms with Crippen molar-refractivity contribution in [3.63, 3.8) is 0 Å². The lowest BCUT2D eigenvalue weighted by Gasteiger charge is -2.02. The first-order valence-electron chi connectivity index (χ1n) is 4.54. The molecule has 1 aromatic heterocycles. The maximum atomic E-state index is 13.0. The van der Waals surface area contributed by atoms with E-state index < -0.39 is 11.9 Å². The minimum Gasteiger partial charge on any atom is -0.351 e. The molecule has 15 heavy (non-hydrogen) atoms. The highest BCUT2D eigenvalue weighted by atomic mass is 19.1. The second-order valence-corrected chi connectivity index (χ2v) is 2.77. The van der Waals surface area contributed by atoms with Gasteiger partial charge in [0.25, 0.3) is 5.91 Å². The van der Waals surface area contributed by atoms with Gasteiger partial charge < -0.3 is 5.32 Å². The van der Waals surface area contributed by atoms with E-state index in [9.17, 15) is 9.18 Å². The van der Waals surface area contributed by atoms with E-state index in [2.05, 4.69) is 22.1 Å². The van der Waals surface area contributed by atoms with Gasteiger partial charge in [-0.1, -0.05) is 0 Å². The van der Waals surface area contributed by atoms with Gasteiger partial charge in [0, 0.05) is 19.2 Å². The zero-order valence-electron chi connectivity index (χ0n) is 8.38. The second kappa shape index (κ2) is 5.76. The van der Waals surface area contributed by atoms with Crippen LogP contribution >= 0.6 is 0 Å². The number of nitrogens with zero attached hydrogens (tertiary/aromatic N) is 1. The first kappa shape index (κ1) is 11.2. The SMILES string of the molecule is CC#CCCNC(=O)c1cccnc1F. The maximum absolute atomic E-state index is 13.0. The lowest BCUT2D eigenvalue weighted by molar-refractivity contribution is 0.0949. The highest BCUT2D eigenvalue weighted by Gasteiger charge is 2.10. The van der Waals surface area contributed by atoms with E-state index in [-0.39, 0.29) is 5.56 Å². The zero-order chi connectivity index (χ0) is 11.1. The molecule has 1 heterocycles. The number of amides is 1. The topological polar surface area (TPSA) is 42.0 Å². The third-order valence-corrected chi connectivity index (χ3v) is 1.72. The van der Waals surface area contributed by atoms with Gasteiger partial charge in [0.05, 0.1) is 5.56 Å². The normalized spacial score (nSPS) is 8.93. The van der Waals surface area contributed by atoms with Crippen LogP contribution in [-0.4, -0.2) is 17.4 Å². The number of hydrogen-bond donors (Lipinski definition) is 1. The summed E-state index contributed by atoms with van der Waals surface area (Å²) in [7, 11) is 0. The molecule has 0 saturated carbocycles. The van der Waals surface area contributed by atoms with E-state index in [0.29, 0.717) is 13.0 Å². The van der Waals surface area contributed by atoms with Crippen LogP contribution in [-0.2, 0) is 0 Å². The molecule has 0 unspecified atom stereocenters. The molecule has 0 saturated heterocycles. The van der Waals surface area contributed by atoms with Gasteiger partial charge in [-0.3, -0.25) is 4.79 Å². The van der Waals surface area contributed by atoms with Gasteiger partial charge in [0.2, 0.25) is 5.95 Å². The number of carbonyl (C=O) groups excluding carboxylic acids is 1. The molecule has 78 valence electrons. The average Bonchev–Trinajstić information content (AvgIpc) is 2.25. The van der Waals surface area contributed by atoms with Crippen molar-refractivity contribution in [2.75, 3.05) is 6.54 Å². The van der Waals surface area contributed by atoms with E-state index in [1.165, 1.54) is 18.3 Å². The summed E-state index contributed by atoms with van der Waals surface area (Å²) >= 11 is 0. The Balaban J connectivity index is 2.53. The lowest BCUT2D eigenvalue weighted by atomic mass is 10.2. The van der Waals surface area contributed by atoms with E-state index in [1.807, 2.05) is 0 Å². The Morgan fingerprint density at radius 3 is 3.13 bits per heavy atom. The molecule has 4 heteroatoms. The number of halogens is 1. The summed E-state index contributed by atoms with van der Waals surface area (Å²) in [5.41, 5.74) is -0.0399. The fraction of sp³-hybridized carbons (Fsp3) is 0.273. The van der Waals surface area contributed by atoms with Crippen LogP contribution in [0.1, 0.15) is 23.7 Å². The Morgan fingerprint density at radius 2 is 2.47 bits per heavy atom. The van der Waals surface area contributed by atoms with Crippen LogP contribution in [0.4, 0.5) is 4.39 Å². The lowest BCUT2D eigenvalue weighted by Crippen LogP contribution is -2.25. The van der Waals surface area contributed by atoms with Gasteiger partial charge in [0.15, 0.2) is 0 Å². The Morgan fingerprint density at radius 1 is 1.67 bits per heavy atom. The predicted octanol–water partition coefficient (Wildman–Crippen LogP) is 1.36. The van der Waals surface area contributed by atoms with Crippen molar-refractivity contribution in [3.8, 4) is 11.8 Å². The van der Waals surface area contributed by atoms with E-state index in [4.69, 9.17) is 0 Å². The Kier molecular flexibility index (Phi) is 4.30. The largest absolute Gasteiger partial charge is 0.351 e. The van der Waals surface area contributed by atoms with Gasteiger partial charge in [0.1, 0.15) is 0 Å². The van der Waals surface area contributed by atoms with Crippen LogP contribution in [0.5, 0.6) is 0 Å². The molecule has 0 spiro atoms. The smallest absolute Gasteiger partial charge is 0.255 e. The van der Waals surface area contributed by atoms with E-state index in [0.717, 1.165) is 0 Å². The van der Waals surface area contributed by atoms with E-state index >= 15 is 0 Å². The van der Waals surface area contributed by atoms with Crippen LogP contribution in [0.25, 0.3) is 0 Å². The monoisotopic (exact) mass is 206 g/mol. The summed E-state index contributed by atoms with van der Waals surface area (Å²) in [6.45, 7) is 2.14. The van der Waals surface area contributed by atoms with E-state index in [1.54, 1.807) is 6.92 Å². The molecule has 1 aromatic rings. The van der Waals surface area contributed by atoms with Crippen molar-refractivity contribution in [2.45, 2.75) is 13.3 Å². The molecule has 0 fully saturated rings. The number of aromatic nitrogens is 1. The Bertz CT molecular complexity index is 407. The summed E-state index contributed by atoms with van der Waals surface area (Å²) in [4.78, 5) is 14.8. The van der Waals surface area contributed by atoms with Crippen molar-refractivity contribution in [3.05, 3.63) is 29.8 Å². The molecule has 3 nitrogen and oxygen atoms in total. The molecule has 0 atom stereocenters. The number of nitrogens with one attached hydrogen (secondary N) is 1. The van der Waals surface area contributed by atoms with Gasteiger partial charge in [-0.15, -0.1) is 11.8 Å². The number of pyridine rings is 1. The summed E-state index contributed by atoms with van der Waals surface area (Å²) in [6, 6.07) is 2.91. The first-order chi connectivity index (χ1) is 7.25. The molecule has 0 aliphatic carbocycles. The molecule has 0 aromatic carbocycles. The van der Waals surface area contributed by atoms with Crippen molar-refractivity contribution in [1.29, 1.82) is 0 Å². The van der Waals surface area contributed by atoms with Crippen molar-refractivity contribution in [2.24, 2.45) is 0 Å². The standard InChI is InChI=1S/C11H11FN2O/c1-2-3-4-7-14-11(15)9-6-5-8-13-10(9)12/h5-6,8H,4,7H2,1H3,(H,14,15). The number of hydrogen-bond acceptors (Lipinski definition) is 2. The van der Waals surface area contributed by atoms with Crippen LogP contribution in [0.15, 0.2) is 18.3 Å². The molecule has 0 aliphatic rings. The molecule has 0 bridgehead atoms. The highest BCUT2D eigenvalue weighted by Crippen LogP contribution is 2.02. The first-order valence-corrected chi connectivity index (χ1v) is 4.54. The third kappa shape index (κ3) is 3.39. The fourth-order valence-corrected chi connectivity index (χ4v) is 1.01. The van der Waals surface area contributed by atoms with Crippen LogP contribution in [0.3, 0.4) is 0 Å². The summed E-state index contributed by atoms with van der Waals surface area (Å²) < 4.78 is 13.0. The highest BCUT2D eigenvalue weighted by molar-refractivity contribution is 5.94. The van der Waals surface area contributed by atoms with Crippen molar-refractivity contribution in [1.82, 2.24) is 10.3 Å². The zero-order valence-corrected chi connectivity index (χ0v) is 8.38. The maximum Gasteiger partial charge on any atom is 0.255 e. The average molecular weight is 206 g/mol. The van der Waals surface area contributed by atoms with Gasteiger partial charge in [-0.05, 0) is 19.1 Å². The molecule has 1 rings (SSSR count). The van der Waals surface area contributed by atoms with Crippen LogP contribution < -0.4 is 5.32 Å². The summed E-state index contributed by atoms with van der Waals surface area (Å²) in [6.07, 6.45) is 1.86. The molecular formula is C11H11FN2O. The van der Waals surface area contributed by atoms with Gasteiger partial charge in [-0.25, -0.2) is 4.98 Å². The number of carbonyl (C=O) groups is 1. The minimum absolute atomic E-state index is 0.0399.